The van der Waals surface area contributed by atoms with E-state index in [1.54, 1.807) is 6.07 Å². The lowest BCUT2D eigenvalue weighted by atomic mass is 10.1. The highest BCUT2D eigenvalue weighted by atomic mass is 32.1. The molecule has 0 aliphatic heterocycles. The molecule has 2 N–H and O–H groups in total. The molecule has 1 rings (SSSR count). The van der Waals surface area contributed by atoms with Gasteiger partial charge in [0.15, 0.2) is 0 Å². The summed E-state index contributed by atoms with van der Waals surface area (Å²) in [6.07, 6.45) is 0. The van der Waals surface area contributed by atoms with E-state index in [4.69, 9.17) is 11.0 Å². The molecule has 0 aromatic heterocycles. The maximum absolute atomic E-state index is 8.60. The van der Waals surface area contributed by atoms with Crippen molar-refractivity contribution < 1.29 is 0 Å². The number of nitriles is 1. The number of hydrogen-bond donors (Lipinski definition) is 2. The predicted molar refractivity (Wildman–Crippen MR) is 47.6 cm³/mol. The first-order valence-electron chi connectivity index (χ1n) is 3.14. The average Bonchev–Trinajstić information content (AvgIpc) is 1.96. The molecular weight excluding hydrogens is 156 g/mol. The molecule has 56 valence electrons. The SMILES string of the molecule is Cc1cc(S)c(N)c(C#N)c1. The minimum atomic E-state index is 0.460. The predicted octanol–water partition coefficient (Wildman–Crippen LogP) is 1.74. The van der Waals surface area contributed by atoms with Gasteiger partial charge >= 0.3 is 0 Å². The number of nitrogens with two attached hydrogens (primary N) is 1. The second kappa shape index (κ2) is 2.85. The number of aryl methyl sites for hydroxylation is 1. The summed E-state index contributed by atoms with van der Waals surface area (Å²) in [5.74, 6) is 0. The van der Waals surface area contributed by atoms with Gasteiger partial charge in [0.05, 0.1) is 11.3 Å². The molecule has 1 aromatic carbocycles. The van der Waals surface area contributed by atoms with Crippen molar-refractivity contribution in [3.05, 3.63) is 23.3 Å². The van der Waals surface area contributed by atoms with Crippen LogP contribution in [-0.2, 0) is 0 Å². The maximum Gasteiger partial charge on any atom is 0.101 e. The summed E-state index contributed by atoms with van der Waals surface area (Å²) >= 11 is 4.12. The smallest absolute Gasteiger partial charge is 0.101 e. The van der Waals surface area contributed by atoms with Gasteiger partial charge in [0.1, 0.15) is 6.07 Å². The molecule has 0 unspecified atom stereocenters. The van der Waals surface area contributed by atoms with Gasteiger partial charge in [-0.05, 0) is 24.6 Å². The van der Waals surface area contributed by atoms with Crippen molar-refractivity contribution in [2.45, 2.75) is 11.8 Å². The van der Waals surface area contributed by atoms with Crippen LogP contribution in [0.5, 0.6) is 0 Å². The first-order valence-corrected chi connectivity index (χ1v) is 3.59. The van der Waals surface area contributed by atoms with Gasteiger partial charge in [-0.3, -0.25) is 0 Å². The molecule has 0 heterocycles. The molecule has 0 aliphatic carbocycles. The molecule has 2 nitrogen and oxygen atoms in total. The van der Waals surface area contributed by atoms with Gasteiger partial charge in [0, 0.05) is 4.90 Å². The fourth-order valence-electron chi connectivity index (χ4n) is 0.871. The molecular formula is C8H8N2S. The van der Waals surface area contributed by atoms with Gasteiger partial charge in [-0.15, -0.1) is 12.6 Å². The number of nitrogen functional groups attached to an aromatic ring is 1. The Morgan fingerprint density at radius 2 is 2.18 bits per heavy atom. The van der Waals surface area contributed by atoms with Gasteiger partial charge in [0.25, 0.3) is 0 Å². The zero-order chi connectivity index (χ0) is 8.43. The van der Waals surface area contributed by atoms with E-state index in [9.17, 15) is 0 Å². The van der Waals surface area contributed by atoms with Crippen LogP contribution in [0.25, 0.3) is 0 Å². The molecule has 0 saturated heterocycles. The quantitative estimate of drug-likeness (QED) is 0.453. The van der Waals surface area contributed by atoms with Crippen molar-refractivity contribution in [3.8, 4) is 6.07 Å². The number of hydrogen-bond acceptors (Lipinski definition) is 3. The monoisotopic (exact) mass is 164 g/mol. The van der Waals surface area contributed by atoms with Gasteiger partial charge in [-0.1, -0.05) is 0 Å². The summed E-state index contributed by atoms with van der Waals surface area (Å²) in [4.78, 5) is 0.668. The fourth-order valence-corrected chi connectivity index (χ4v) is 1.20. The van der Waals surface area contributed by atoms with Crippen molar-refractivity contribution in [1.29, 1.82) is 5.26 Å². The Morgan fingerprint density at radius 3 is 2.73 bits per heavy atom. The van der Waals surface area contributed by atoms with Crippen LogP contribution in [0, 0.1) is 18.3 Å². The van der Waals surface area contributed by atoms with E-state index in [1.807, 2.05) is 19.1 Å². The minimum absolute atomic E-state index is 0.460. The van der Waals surface area contributed by atoms with E-state index >= 15 is 0 Å². The van der Waals surface area contributed by atoms with Crippen LogP contribution < -0.4 is 5.73 Å². The molecule has 0 aliphatic rings. The minimum Gasteiger partial charge on any atom is -0.397 e. The van der Waals surface area contributed by atoms with E-state index in [0.29, 0.717) is 16.1 Å². The van der Waals surface area contributed by atoms with Crippen molar-refractivity contribution in [2.75, 3.05) is 5.73 Å². The lowest BCUT2D eigenvalue weighted by molar-refractivity contribution is 1.34. The van der Waals surface area contributed by atoms with Crippen molar-refractivity contribution in [1.82, 2.24) is 0 Å². The first kappa shape index (κ1) is 7.96. The molecule has 0 atom stereocenters. The Balaban J connectivity index is 3.39. The third-order valence-corrected chi connectivity index (χ3v) is 1.79. The van der Waals surface area contributed by atoms with Crippen LogP contribution in [0.15, 0.2) is 17.0 Å². The van der Waals surface area contributed by atoms with Gasteiger partial charge in [0.2, 0.25) is 0 Å². The van der Waals surface area contributed by atoms with Crippen LogP contribution in [-0.4, -0.2) is 0 Å². The normalized spacial score (nSPS) is 9.18. The number of anilines is 1. The van der Waals surface area contributed by atoms with Gasteiger partial charge in [-0.25, -0.2) is 0 Å². The molecule has 11 heavy (non-hydrogen) atoms. The third-order valence-electron chi connectivity index (χ3n) is 1.42. The molecule has 1 aromatic rings. The highest BCUT2D eigenvalue weighted by Gasteiger charge is 2.01. The molecule has 0 bridgehead atoms. The highest BCUT2D eigenvalue weighted by Crippen LogP contribution is 2.21. The van der Waals surface area contributed by atoms with E-state index < -0.39 is 0 Å². The van der Waals surface area contributed by atoms with Crippen LogP contribution in [0.3, 0.4) is 0 Å². The molecule has 0 spiro atoms. The Labute approximate surface area is 71.0 Å². The van der Waals surface area contributed by atoms with Crippen molar-refractivity contribution in [3.63, 3.8) is 0 Å². The lowest BCUT2D eigenvalue weighted by Crippen LogP contribution is -1.92. The number of thiol groups is 1. The maximum atomic E-state index is 8.60. The average molecular weight is 164 g/mol. The summed E-state index contributed by atoms with van der Waals surface area (Å²) < 4.78 is 0. The molecule has 0 radical (unpaired) electrons. The number of benzene rings is 1. The van der Waals surface area contributed by atoms with Crippen molar-refractivity contribution >= 4 is 18.3 Å². The van der Waals surface area contributed by atoms with E-state index in [2.05, 4.69) is 12.6 Å². The summed E-state index contributed by atoms with van der Waals surface area (Å²) in [5, 5.41) is 8.60. The van der Waals surface area contributed by atoms with Crippen LogP contribution in [0.4, 0.5) is 5.69 Å². The summed E-state index contributed by atoms with van der Waals surface area (Å²) in [6.45, 7) is 1.90. The molecule has 0 saturated carbocycles. The van der Waals surface area contributed by atoms with E-state index in [1.165, 1.54) is 0 Å². The van der Waals surface area contributed by atoms with Gasteiger partial charge < -0.3 is 5.73 Å². The lowest BCUT2D eigenvalue weighted by Gasteiger charge is -2.01. The Morgan fingerprint density at radius 1 is 1.55 bits per heavy atom. The summed E-state index contributed by atoms with van der Waals surface area (Å²) in [5.41, 5.74) is 7.52. The third kappa shape index (κ3) is 1.47. The Bertz CT molecular complexity index is 326. The van der Waals surface area contributed by atoms with Crippen molar-refractivity contribution in [2.24, 2.45) is 0 Å². The second-order valence-corrected chi connectivity index (χ2v) is 2.84. The zero-order valence-corrected chi connectivity index (χ0v) is 7.02. The van der Waals surface area contributed by atoms with E-state index in [0.717, 1.165) is 5.56 Å². The first-order chi connectivity index (χ1) is 5.15. The van der Waals surface area contributed by atoms with E-state index in [-0.39, 0.29) is 0 Å². The van der Waals surface area contributed by atoms with Gasteiger partial charge in [-0.2, -0.15) is 5.26 Å². The standard InChI is InChI=1S/C8H8N2S/c1-5-2-6(4-9)8(10)7(11)3-5/h2-3,11H,10H2,1H3. The zero-order valence-electron chi connectivity index (χ0n) is 6.13. The molecule has 3 heteroatoms. The van der Waals surface area contributed by atoms with Crippen LogP contribution in [0.2, 0.25) is 0 Å². The van der Waals surface area contributed by atoms with Crippen LogP contribution in [0.1, 0.15) is 11.1 Å². The fraction of sp³-hybridized carbons (Fsp3) is 0.125. The van der Waals surface area contributed by atoms with Crippen LogP contribution >= 0.6 is 12.6 Å². The summed E-state index contributed by atoms with van der Waals surface area (Å²) in [7, 11) is 0. The molecule has 0 amide bonds. The Kier molecular flexibility index (Phi) is 2.06. The number of rotatable bonds is 0. The second-order valence-electron chi connectivity index (χ2n) is 2.36. The highest BCUT2D eigenvalue weighted by molar-refractivity contribution is 7.80. The topological polar surface area (TPSA) is 49.8 Å². The summed E-state index contributed by atoms with van der Waals surface area (Å²) in [6, 6.07) is 5.58. The largest absolute Gasteiger partial charge is 0.397 e. The Hall–Kier alpha value is -1.14. The molecule has 0 fully saturated rings. The number of nitrogens with zero attached hydrogens (tertiary/aromatic N) is 1.